The number of hydrogen-bond acceptors (Lipinski definition) is 8. The molecular weight excluding hydrogens is 462 g/mol. The molecule has 10 nitrogen and oxygen atoms in total. The smallest absolute Gasteiger partial charge is 0.256 e. The standard InChI is InChI=1S/C22H24FN6O4P/c1-14-19(33-34(2)32-10-6-9-24)17(23)16(11-31-14)29-13-27-18-20(25-12-26-21(18)29)28-22(30)15-7-4-3-5-8-15/h3-5,7-8,12-14,16-17,19H,6,10-11H2,1-2H3,(H,25,26,28,30)/t14-,16-,17+,19?,34?/m1/s1/i1D. The fraction of sp³-hybridized carbons (Fsp3) is 0.409. The van der Waals surface area contributed by atoms with Crippen LogP contribution in [-0.4, -0.2) is 63.7 Å². The van der Waals surface area contributed by atoms with E-state index in [-0.39, 0.29) is 38.3 Å². The number of alkyl halides is 1. The van der Waals surface area contributed by atoms with E-state index in [0.29, 0.717) is 16.7 Å². The number of aromatic nitrogens is 4. The normalized spacial score (nSPS) is 23.7. The molecule has 178 valence electrons. The Hall–Kier alpha value is -3.03. The van der Waals surface area contributed by atoms with Crippen LogP contribution in [0.15, 0.2) is 43.0 Å². The SMILES string of the molecule is [2H]C[C@H]1OC[C@@H](n2cnc3c(NC(=O)c4ccccc4)ncnc32)[C@H](F)C1OP(C)OCCC#N. The Bertz CT molecular complexity index is 1200. The first-order valence-corrected chi connectivity index (χ1v) is 12.1. The summed E-state index contributed by atoms with van der Waals surface area (Å²) in [6.45, 7) is 1.66. The summed E-state index contributed by atoms with van der Waals surface area (Å²) in [6.07, 6.45) is -0.457. The number of benzene rings is 1. The lowest BCUT2D eigenvalue weighted by Crippen LogP contribution is -2.48. The molecule has 1 saturated heterocycles. The van der Waals surface area contributed by atoms with Gasteiger partial charge in [-0.15, -0.1) is 0 Å². The van der Waals surface area contributed by atoms with Crippen LogP contribution in [0.3, 0.4) is 0 Å². The molecule has 0 radical (unpaired) electrons. The van der Waals surface area contributed by atoms with Gasteiger partial charge in [0.05, 0.1) is 44.2 Å². The minimum Gasteiger partial charge on any atom is -0.373 e. The minimum atomic E-state index is -1.54. The van der Waals surface area contributed by atoms with Crippen LogP contribution in [0.4, 0.5) is 10.2 Å². The molecule has 0 spiro atoms. The molecule has 1 aliphatic heterocycles. The molecule has 2 unspecified atom stereocenters. The van der Waals surface area contributed by atoms with Crippen molar-refractivity contribution < 1.29 is 24.3 Å². The molecule has 1 amide bonds. The van der Waals surface area contributed by atoms with Crippen LogP contribution in [0.25, 0.3) is 11.2 Å². The number of carbonyl (C=O) groups is 1. The molecule has 2 aromatic heterocycles. The molecule has 0 saturated carbocycles. The summed E-state index contributed by atoms with van der Waals surface area (Å²) >= 11 is 0. The van der Waals surface area contributed by atoms with Crippen LogP contribution in [0, 0.1) is 11.3 Å². The molecule has 1 aromatic carbocycles. The maximum absolute atomic E-state index is 15.8. The Balaban J connectivity index is 1.55. The van der Waals surface area contributed by atoms with Gasteiger partial charge in [0.1, 0.15) is 12.4 Å². The number of anilines is 1. The van der Waals surface area contributed by atoms with E-state index in [1.54, 1.807) is 30.9 Å². The van der Waals surface area contributed by atoms with Crippen molar-refractivity contribution in [3.05, 3.63) is 48.5 Å². The number of hydrogen-bond donors (Lipinski definition) is 1. The van der Waals surface area contributed by atoms with Gasteiger partial charge in [0.25, 0.3) is 5.91 Å². The average molecular weight is 487 g/mol. The molecule has 1 fully saturated rings. The molecule has 12 heteroatoms. The second kappa shape index (κ2) is 10.9. The highest BCUT2D eigenvalue weighted by atomic mass is 31.2. The van der Waals surface area contributed by atoms with Gasteiger partial charge >= 0.3 is 0 Å². The van der Waals surface area contributed by atoms with E-state index in [1.807, 2.05) is 12.1 Å². The largest absolute Gasteiger partial charge is 0.373 e. The first-order chi connectivity index (χ1) is 17.0. The molecule has 0 aliphatic carbocycles. The van der Waals surface area contributed by atoms with Gasteiger partial charge < -0.3 is 23.7 Å². The molecule has 1 aliphatic rings. The van der Waals surface area contributed by atoms with Crippen molar-refractivity contribution in [3.63, 3.8) is 0 Å². The van der Waals surface area contributed by atoms with Gasteiger partial charge in [-0.3, -0.25) is 4.79 Å². The van der Waals surface area contributed by atoms with Gasteiger partial charge in [-0.25, -0.2) is 19.3 Å². The lowest BCUT2D eigenvalue weighted by atomic mass is 10.0. The molecule has 34 heavy (non-hydrogen) atoms. The summed E-state index contributed by atoms with van der Waals surface area (Å²) in [5, 5.41) is 11.4. The van der Waals surface area contributed by atoms with Crippen LogP contribution >= 0.6 is 8.38 Å². The predicted molar refractivity (Wildman–Crippen MR) is 123 cm³/mol. The van der Waals surface area contributed by atoms with E-state index in [1.165, 1.54) is 17.2 Å². The first kappa shape index (κ1) is 22.7. The maximum atomic E-state index is 15.8. The highest BCUT2D eigenvalue weighted by Gasteiger charge is 2.42. The lowest BCUT2D eigenvalue weighted by molar-refractivity contribution is -0.117. The number of imidazole rings is 1. The fourth-order valence-corrected chi connectivity index (χ4v) is 4.57. The van der Waals surface area contributed by atoms with Crippen molar-refractivity contribution in [1.29, 1.82) is 5.26 Å². The van der Waals surface area contributed by atoms with E-state index in [9.17, 15) is 4.79 Å². The van der Waals surface area contributed by atoms with Gasteiger partial charge in [-0.05, 0) is 19.0 Å². The molecular formula is C22H24FN6O4P. The van der Waals surface area contributed by atoms with Gasteiger partial charge in [-0.1, -0.05) is 18.2 Å². The third kappa shape index (κ3) is 5.21. The zero-order chi connectivity index (χ0) is 24.8. The van der Waals surface area contributed by atoms with E-state index in [0.717, 1.165) is 0 Å². The zero-order valence-corrected chi connectivity index (χ0v) is 19.3. The molecule has 4 rings (SSSR count). The van der Waals surface area contributed by atoms with Crippen LogP contribution < -0.4 is 5.32 Å². The Kier molecular flexibility index (Phi) is 7.31. The van der Waals surface area contributed by atoms with Crippen LogP contribution in [0.1, 0.15) is 31.1 Å². The summed E-state index contributed by atoms with van der Waals surface area (Å²) in [5.74, 6) is -0.154. The molecule has 5 atom stereocenters. The molecule has 0 bridgehead atoms. The summed E-state index contributed by atoms with van der Waals surface area (Å²) in [6, 6.07) is 9.81. The number of ether oxygens (including phenoxy) is 1. The number of amides is 1. The average Bonchev–Trinajstić information content (AvgIpc) is 3.31. The second-order valence-electron chi connectivity index (χ2n) is 7.50. The summed E-state index contributed by atoms with van der Waals surface area (Å²) in [4.78, 5) is 25.3. The number of fused-ring (bicyclic) bond motifs is 1. The van der Waals surface area contributed by atoms with Crippen LogP contribution in [0.5, 0.6) is 0 Å². The van der Waals surface area contributed by atoms with Crippen molar-refractivity contribution in [3.8, 4) is 6.07 Å². The van der Waals surface area contributed by atoms with Gasteiger partial charge in [-0.2, -0.15) is 5.26 Å². The topological polar surface area (TPSA) is 124 Å². The molecule has 3 aromatic rings. The van der Waals surface area contributed by atoms with Crippen LogP contribution in [-0.2, 0) is 13.8 Å². The Morgan fingerprint density at radius 3 is 3.00 bits per heavy atom. The highest BCUT2D eigenvalue weighted by molar-refractivity contribution is 7.46. The highest BCUT2D eigenvalue weighted by Crippen LogP contribution is 2.41. The van der Waals surface area contributed by atoms with E-state index in [2.05, 4.69) is 20.3 Å². The minimum absolute atomic E-state index is 0.0112. The number of nitrogens with zero attached hydrogens (tertiary/aromatic N) is 5. The third-order valence-corrected chi connectivity index (χ3v) is 6.36. The van der Waals surface area contributed by atoms with E-state index in [4.69, 9.17) is 20.4 Å². The number of rotatable bonds is 8. The third-order valence-electron chi connectivity index (χ3n) is 5.27. The molecule has 1 N–H and O–H groups in total. The van der Waals surface area contributed by atoms with Crippen molar-refractivity contribution >= 4 is 31.3 Å². The van der Waals surface area contributed by atoms with Crippen molar-refractivity contribution in [2.24, 2.45) is 0 Å². The number of halogens is 1. The van der Waals surface area contributed by atoms with Crippen molar-refractivity contribution in [2.75, 3.05) is 25.2 Å². The van der Waals surface area contributed by atoms with E-state index < -0.39 is 32.8 Å². The Labute approximate surface area is 198 Å². The monoisotopic (exact) mass is 487 g/mol. The van der Waals surface area contributed by atoms with Crippen molar-refractivity contribution in [2.45, 2.75) is 37.7 Å². The number of nitriles is 1. The fourth-order valence-electron chi connectivity index (χ4n) is 3.57. The van der Waals surface area contributed by atoms with Crippen LogP contribution in [0.2, 0.25) is 0 Å². The Morgan fingerprint density at radius 2 is 2.24 bits per heavy atom. The summed E-state index contributed by atoms with van der Waals surface area (Å²) in [7, 11) is -1.47. The summed E-state index contributed by atoms with van der Waals surface area (Å²) in [5.41, 5.74) is 1.09. The lowest BCUT2D eigenvalue weighted by Gasteiger charge is -2.38. The molecule has 3 heterocycles. The number of nitrogens with one attached hydrogen (secondary N) is 1. The van der Waals surface area contributed by atoms with E-state index >= 15 is 4.39 Å². The van der Waals surface area contributed by atoms with Gasteiger partial charge in [0.2, 0.25) is 0 Å². The maximum Gasteiger partial charge on any atom is 0.256 e. The second-order valence-corrected chi connectivity index (χ2v) is 8.85. The quantitative estimate of drug-likeness (QED) is 0.377. The number of carbonyl (C=O) groups excluding carboxylic acids is 1. The first-order valence-electron chi connectivity index (χ1n) is 11.2. The Morgan fingerprint density at radius 1 is 1.41 bits per heavy atom. The van der Waals surface area contributed by atoms with Gasteiger partial charge in [0.15, 0.2) is 31.5 Å². The predicted octanol–water partition coefficient (Wildman–Crippen LogP) is 3.63. The zero-order valence-electron chi connectivity index (χ0n) is 19.4. The van der Waals surface area contributed by atoms with Gasteiger partial charge in [0, 0.05) is 13.6 Å². The summed E-state index contributed by atoms with van der Waals surface area (Å²) < 4.78 is 42.1. The van der Waals surface area contributed by atoms with Crippen molar-refractivity contribution in [1.82, 2.24) is 19.5 Å².